The van der Waals surface area contributed by atoms with E-state index in [1.807, 2.05) is 34.6 Å². The molecule has 0 aromatic rings. The second-order valence-corrected chi connectivity index (χ2v) is 6.47. The third-order valence-electron chi connectivity index (χ3n) is 3.87. The van der Waals surface area contributed by atoms with Gasteiger partial charge in [-0.05, 0) is 53.4 Å². The molecule has 0 amide bonds. The molecule has 0 bridgehead atoms. The van der Waals surface area contributed by atoms with Crippen LogP contribution in [0.2, 0.25) is 0 Å². The van der Waals surface area contributed by atoms with Crippen LogP contribution in [0.15, 0.2) is 0 Å². The molecule has 0 rings (SSSR count). The number of hydrogen-bond donors (Lipinski definition) is 2. The van der Waals surface area contributed by atoms with Gasteiger partial charge >= 0.3 is 5.97 Å². The number of carbonyl (C=O) groups is 1. The second-order valence-electron chi connectivity index (χ2n) is 6.47. The minimum atomic E-state index is -0.844. The zero-order valence-electron chi connectivity index (χ0n) is 14.5. The zero-order valence-corrected chi connectivity index (χ0v) is 14.5. The lowest BCUT2D eigenvalue weighted by molar-refractivity contribution is -0.146. The predicted octanol–water partition coefficient (Wildman–Crippen LogP) is 2.83. The molecule has 0 radical (unpaired) electrons. The van der Waals surface area contributed by atoms with Crippen LogP contribution in [0.5, 0.6) is 0 Å². The predicted molar refractivity (Wildman–Crippen MR) is 84.7 cm³/mol. The van der Waals surface area contributed by atoms with Crippen LogP contribution in [-0.2, 0) is 14.3 Å². The summed E-state index contributed by atoms with van der Waals surface area (Å²) in [6.07, 6.45) is 2.70. The Hall–Kier alpha value is -0.650. The zero-order chi connectivity index (χ0) is 16.5. The van der Waals surface area contributed by atoms with Gasteiger partial charge in [0, 0.05) is 26.4 Å². The lowest BCUT2D eigenvalue weighted by atomic mass is 9.89. The van der Waals surface area contributed by atoms with E-state index in [1.165, 1.54) is 0 Å². The van der Waals surface area contributed by atoms with Crippen molar-refractivity contribution in [1.82, 2.24) is 5.32 Å². The van der Waals surface area contributed by atoms with Gasteiger partial charge < -0.3 is 14.6 Å². The van der Waals surface area contributed by atoms with E-state index < -0.39 is 11.5 Å². The molecule has 0 aliphatic rings. The van der Waals surface area contributed by atoms with Crippen molar-refractivity contribution < 1.29 is 19.4 Å². The minimum Gasteiger partial charge on any atom is -0.480 e. The van der Waals surface area contributed by atoms with Crippen LogP contribution in [0.4, 0.5) is 0 Å². The number of carboxylic acid groups (broad SMARTS) is 1. The highest BCUT2D eigenvalue weighted by Crippen LogP contribution is 2.19. The Morgan fingerprint density at radius 1 is 1.24 bits per heavy atom. The molecule has 0 heterocycles. The Bertz CT molecular complexity index is 305. The van der Waals surface area contributed by atoms with Crippen molar-refractivity contribution in [1.29, 1.82) is 0 Å². The molecule has 0 saturated heterocycles. The van der Waals surface area contributed by atoms with E-state index in [1.54, 1.807) is 7.11 Å². The van der Waals surface area contributed by atoms with Crippen LogP contribution in [0, 0.1) is 0 Å². The first-order chi connectivity index (χ1) is 9.69. The largest absolute Gasteiger partial charge is 0.480 e. The maximum absolute atomic E-state index is 11.6. The Kier molecular flexibility index (Phi) is 9.09. The van der Waals surface area contributed by atoms with Gasteiger partial charge in [-0.3, -0.25) is 10.1 Å². The van der Waals surface area contributed by atoms with Gasteiger partial charge in [-0.2, -0.15) is 0 Å². The maximum atomic E-state index is 11.6. The van der Waals surface area contributed by atoms with E-state index in [-0.39, 0.29) is 11.6 Å². The third kappa shape index (κ3) is 7.79. The maximum Gasteiger partial charge on any atom is 0.323 e. The van der Waals surface area contributed by atoms with E-state index in [0.717, 1.165) is 12.8 Å². The highest BCUT2D eigenvalue weighted by Gasteiger charge is 2.36. The van der Waals surface area contributed by atoms with Gasteiger partial charge in [0.15, 0.2) is 0 Å². The van der Waals surface area contributed by atoms with Crippen LogP contribution >= 0.6 is 0 Å². The number of rotatable bonds is 12. The van der Waals surface area contributed by atoms with Crippen LogP contribution in [0.1, 0.15) is 60.3 Å². The Morgan fingerprint density at radius 3 is 2.29 bits per heavy atom. The molecule has 0 fully saturated rings. The van der Waals surface area contributed by atoms with Crippen molar-refractivity contribution in [3.8, 4) is 0 Å². The molecule has 0 saturated carbocycles. The molecule has 0 aromatic carbocycles. The van der Waals surface area contributed by atoms with Gasteiger partial charge in [-0.15, -0.1) is 0 Å². The van der Waals surface area contributed by atoms with Crippen LogP contribution in [-0.4, -0.2) is 48.6 Å². The number of methoxy groups -OCH3 is 1. The lowest BCUT2D eigenvalue weighted by Gasteiger charge is -2.31. The SMILES string of the molecule is CCC(CCCOCCC(C)(C)OC)(NC(C)C)C(=O)O. The van der Waals surface area contributed by atoms with Gasteiger partial charge in [0.05, 0.1) is 5.60 Å². The van der Waals surface area contributed by atoms with Crippen molar-refractivity contribution >= 4 is 5.97 Å². The summed E-state index contributed by atoms with van der Waals surface area (Å²) in [6, 6.07) is 0.143. The summed E-state index contributed by atoms with van der Waals surface area (Å²) in [6.45, 7) is 11.1. The van der Waals surface area contributed by atoms with Crippen LogP contribution < -0.4 is 5.32 Å². The number of carboxylic acids is 1. The van der Waals surface area contributed by atoms with Crippen molar-refractivity contribution in [3.63, 3.8) is 0 Å². The Morgan fingerprint density at radius 2 is 1.86 bits per heavy atom. The van der Waals surface area contributed by atoms with Gasteiger partial charge in [0.1, 0.15) is 5.54 Å². The highest BCUT2D eigenvalue weighted by atomic mass is 16.5. The van der Waals surface area contributed by atoms with E-state index in [9.17, 15) is 9.90 Å². The molecule has 5 nitrogen and oxygen atoms in total. The molecule has 0 spiro atoms. The first-order valence-electron chi connectivity index (χ1n) is 7.83. The van der Waals surface area contributed by atoms with Gasteiger partial charge in [0.25, 0.3) is 0 Å². The first-order valence-corrected chi connectivity index (χ1v) is 7.83. The molecule has 5 heteroatoms. The average Bonchev–Trinajstić information content (AvgIpc) is 2.40. The van der Waals surface area contributed by atoms with Crippen LogP contribution in [0.25, 0.3) is 0 Å². The third-order valence-corrected chi connectivity index (χ3v) is 3.87. The smallest absolute Gasteiger partial charge is 0.323 e. The van der Waals surface area contributed by atoms with Gasteiger partial charge in [-0.25, -0.2) is 0 Å². The van der Waals surface area contributed by atoms with Crippen LogP contribution in [0.3, 0.4) is 0 Å². The summed E-state index contributed by atoms with van der Waals surface area (Å²) < 4.78 is 10.9. The summed E-state index contributed by atoms with van der Waals surface area (Å²) in [5.74, 6) is -0.779. The van der Waals surface area contributed by atoms with Crippen molar-refractivity contribution in [3.05, 3.63) is 0 Å². The monoisotopic (exact) mass is 303 g/mol. The van der Waals surface area contributed by atoms with Crippen molar-refractivity contribution in [2.45, 2.75) is 77.5 Å². The standard InChI is InChI=1S/C16H33NO4/c1-7-16(14(18)19,17-13(2)3)9-8-11-21-12-10-15(4,5)20-6/h13,17H,7-12H2,1-6H3,(H,18,19). The fourth-order valence-electron chi connectivity index (χ4n) is 2.22. The van der Waals surface area contributed by atoms with Gasteiger partial charge in [0.2, 0.25) is 0 Å². The summed E-state index contributed by atoms with van der Waals surface area (Å²) in [5.41, 5.74) is -1.02. The second kappa shape index (κ2) is 9.38. The summed E-state index contributed by atoms with van der Waals surface area (Å²) in [7, 11) is 1.69. The summed E-state index contributed by atoms with van der Waals surface area (Å²) in [4.78, 5) is 11.6. The first kappa shape index (κ1) is 20.3. The van der Waals surface area contributed by atoms with Crippen molar-refractivity contribution in [2.75, 3.05) is 20.3 Å². The molecule has 1 unspecified atom stereocenters. The quantitative estimate of drug-likeness (QED) is 0.543. The lowest BCUT2D eigenvalue weighted by Crippen LogP contribution is -2.54. The molecular formula is C16H33NO4. The van der Waals surface area contributed by atoms with E-state index in [4.69, 9.17) is 9.47 Å². The number of ether oxygens (including phenoxy) is 2. The fourth-order valence-corrected chi connectivity index (χ4v) is 2.22. The summed E-state index contributed by atoms with van der Waals surface area (Å²) in [5, 5.41) is 12.7. The highest BCUT2D eigenvalue weighted by molar-refractivity contribution is 5.78. The Labute approximate surface area is 129 Å². The van der Waals surface area contributed by atoms with E-state index >= 15 is 0 Å². The molecular weight excluding hydrogens is 270 g/mol. The minimum absolute atomic E-state index is 0.143. The van der Waals surface area contributed by atoms with Gasteiger partial charge in [-0.1, -0.05) is 6.92 Å². The Balaban J connectivity index is 4.13. The molecule has 1 atom stereocenters. The normalized spacial score (nSPS) is 15.2. The molecule has 21 heavy (non-hydrogen) atoms. The topological polar surface area (TPSA) is 67.8 Å². The average molecular weight is 303 g/mol. The van der Waals surface area contributed by atoms with E-state index in [0.29, 0.717) is 26.1 Å². The number of hydrogen-bond acceptors (Lipinski definition) is 4. The molecule has 0 aromatic heterocycles. The fraction of sp³-hybridized carbons (Fsp3) is 0.938. The number of aliphatic carboxylic acids is 1. The molecule has 0 aliphatic heterocycles. The number of nitrogens with one attached hydrogen (secondary N) is 1. The van der Waals surface area contributed by atoms with Crippen molar-refractivity contribution in [2.24, 2.45) is 0 Å². The summed E-state index contributed by atoms with van der Waals surface area (Å²) >= 11 is 0. The molecule has 0 aliphatic carbocycles. The van der Waals surface area contributed by atoms with E-state index in [2.05, 4.69) is 5.32 Å². The molecule has 2 N–H and O–H groups in total. The molecule has 126 valence electrons.